The standard InChI is InChI=1S/C11H16O3S2/c1-2-3-14-9-7-11(15-4-5-16-11)6-8(12)10(9)13/h2,8-9,12H,1,3-7H2/t8-,9-/m1/s1. The lowest BCUT2D eigenvalue weighted by atomic mass is 9.92. The van der Waals surface area contributed by atoms with E-state index in [9.17, 15) is 9.90 Å². The Hall–Kier alpha value is 0.0300. The highest BCUT2D eigenvalue weighted by Crippen LogP contribution is 2.52. The Balaban J connectivity index is 2.05. The van der Waals surface area contributed by atoms with Gasteiger partial charge >= 0.3 is 0 Å². The number of ether oxygens (including phenoxy) is 1. The van der Waals surface area contributed by atoms with Gasteiger partial charge in [-0.15, -0.1) is 30.1 Å². The van der Waals surface area contributed by atoms with Crippen molar-refractivity contribution in [2.45, 2.75) is 29.1 Å². The van der Waals surface area contributed by atoms with Crippen molar-refractivity contribution in [1.82, 2.24) is 0 Å². The van der Waals surface area contributed by atoms with Crippen LogP contribution in [0.4, 0.5) is 0 Å². The summed E-state index contributed by atoms with van der Waals surface area (Å²) in [5, 5.41) is 9.79. The normalized spacial score (nSPS) is 33.2. The first kappa shape index (κ1) is 12.5. The highest BCUT2D eigenvalue weighted by molar-refractivity contribution is 8.21. The summed E-state index contributed by atoms with van der Waals surface area (Å²) in [5.74, 6) is 2.03. The number of ketones is 1. The van der Waals surface area contributed by atoms with E-state index in [1.54, 1.807) is 6.08 Å². The van der Waals surface area contributed by atoms with Crippen molar-refractivity contribution in [2.24, 2.45) is 0 Å². The Labute approximate surface area is 104 Å². The van der Waals surface area contributed by atoms with Gasteiger partial charge in [-0.2, -0.15) is 0 Å². The number of Topliss-reactive ketones (excluding diaryl/α,β-unsaturated/α-hetero) is 1. The number of rotatable bonds is 3. The minimum absolute atomic E-state index is 0.000830. The van der Waals surface area contributed by atoms with Crippen LogP contribution < -0.4 is 0 Å². The average molecular weight is 260 g/mol. The largest absolute Gasteiger partial charge is 0.385 e. The second-order valence-electron chi connectivity index (χ2n) is 4.04. The van der Waals surface area contributed by atoms with Crippen LogP contribution in [0.1, 0.15) is 12.8 Å². The number of hydrogen-bond donors (Lipinski definition) is 1. The van der Waals surface area contributed by atoms with Crippen LogP contribution in [-0.2, 0) is 9.53 Å². The summed E-state index contributed by atoms with van der Waals surface area (Å²) in [5.41, 5.74) is 0. The lowest BCUT2D eigenvalue weighted by Gasteiger charge is -2.37. The topological polar surface area (TPSA) is 46.5 Å². The third-order valence-electron chi connectivity index (χ3n) is 2.88. The summed E-state index contributed by atoms with van der Waals surface area (Å²) in [6.07, 6.45) is 1.60. The molecule has 1 saturated carbocycles. The summed E-state index contributed by atoms with van der Waals surface area (Å²) in [6.45, 7) is 3.94. The van der Waals surface area contributed by atoms with E-state index in [4.69, 9.17) is 4.74 Å². The molecule has 2 aliphatic rings. The van der Waals surface area contributed by atoms with Gasteiger partial charge in [-0.05, 0) is 0 Å². The fourth-order valence-electron chi connectivity index (χ4n) is 2.13. The molecule has 2 atom stereocenters. The van der Waals surface area contributed by atoms with Gasteiger partial charge in [-0.1, -0.05) is 6.08 Å². The smallest absolute Gasteiger partial charge is 0.190 e. The number of hydrogen-bond acceptors (Lipinski definition) is 5. The van der Waals surface area contributed by atoms with Crippen LogP contribution in [0.2, 0.25) is 0 Å². The molecule has 0 unspecified atom stereocenters. The molecular formula is C11H16O3S2. The molecule has 0 radical (unpaired) electrons. The summed E-state index contributed by atoms with van der Waals surface area (Å²) >= 11 is 3.71. The SMILES string of the molecule is C=CCO[C@@H]1CC2(C[C@@H](O)C1=O)SCCS2. The molecule has 0 aromatic heterocycles. The first-order chi connectivity index (χ1) is 7.67. The van der Waals surface area contributed by atoms with Crippen molar-refractivity contribution in [3.8, 4) is 0 Å². The maximum absolute atomic E-state index is 11.7. The Morgan fingerprint density at radius 2 is 2.19 bits per heavy atom. The van der Waals surface area contributed by atoms with E-state index in [0.29, 0.717) is 19.4 Å². The minimum atomic E-state index is -0.860. The van der Waals surface area contributed by atoms with E-state index in [2.05, 4.69) is 6.58 Å². The minimum Gasteiger partial charge on any atom is -0.385 e. The van der Waals surface area contributed by atoms with Gasteiger partial charge in [0.05, 0.1) is 10.7 Å². The summed E-state index contributed by atoms with van der Waals surface area (Å²) < 4.78 is 5.45. The average Bonchev–Trinajstić information content (AvgIpc) is 2.70. The van der Waals surface area contributed by atoms with Crippen molar-refractivity contribution >= 4 is 29.3 Å². The van der Waals surface area contributed by atoms with Crippen molar-refractivity contribution in [2.75, 3.05) is 18.1 Å². The Morgan fingerprint density at radius 3 is 2.81 bits per heavy atom. The van der Waals surface area contributed by atoms with Gasteiger partial charge in [0.25, 0.3) is 0 Å². The molecule has 0 aromatic carbocycles. The number of thioether (sulfide) groups is 2. The first-order valence-corrected chi connectivity index (χ1v) is 7.36. The number of aliphatic hydroxyl groups excluding tert-OH is 1. The zero-order chi connectivity index (χ0) is 11.6. The molecular weight excluding hydrogens is 244 g/mol. The van der Waals surface area contributed by atoms with E-state index in [-0.39, 0.29) is 9.86 Å². The van der Waals surface area contributed by atoms with Crippen molar-refractivity contribution in [3.63, 3.8) is 0 Å². The van der Waals surface area contributed by atoms with Crippen LogP contribution in [0.25, 0.3) is 0 Å². The molecule has 1 heterocycles. The molecule has 1 aliphatic carbocycles. The Morgan fingerprint density at radius 1 is 1.50 bits per heavy atom. The molecule has 90 valence electrons. The molecule has 0 amide bonds. The summed E-state index contributed by atoms with van der Waals surface area (Å²) in [6, 6.07) is 0. The molecule has 0 bridgehead atoms. The summed E-state index contributed by atoms with van der Waals surface area (Å²) in [7, 11) is 0. The molecule has 1 spiro atoms. The van der Waals surface area contributed by atoms with E-state index >= 15 is 0 Å². The summed E-state index contributed by atoms with van der Waals surface area (Å²) in [4.78, 5) is 11.7. The van der Waals surface area contributed by atoms with Crippen LogP contribution in [0.5, 0.6) is 0 Å². The Kier molecular flexibility index (Phi) is 4.00. The van der Waals surface area contributed by atoms with E-state index < -0.39 is 12.2 Å². The van der Waals surface area contributed by atoms with Crippen molar-refractivity contribution < 1.29 is 14.6 Å². The molecule has 3 nitrogen and oxygen atoms in total. The van der Waals surface area contributed by atoms with Crippen LogP contribution in [0.3, 0.4) is 0 Å². The molecule has 1 saturated heterocycles. The molecule has 1 N–H and O–H groups in total. The maximum atomic E-state index is 11.7. The highest BCUT2D eigenvalue weighted by atomic mass is 32.2. The number of carbonyl (C=O) groups is 1. The van der Waals surface area contributed by atoms with Gasteiger partial charge in [-0.25, -0.2) is 0 Å². The van der Waals surface area contributed by atoms with Crippen LogP contribution >= 0.6 is 23.5 Å². The third-order valence-corrected chi connectivity index (χ3v) is 6.38. The van der Waals surface area contributed by atoms with Gasteiger partial charge in [-0.3, -0.25) is 4.79 Å². The predicted molar refractivity (Wildman–Crippen MR) is 67.8 cm³/mol. The van der Waals surface area contributed by atoms with Gasteiger partial charge < -0.3 is 9.84 Å². The lowest BCUT2D eigenvalue weighted by molar-refractivity contribution is -0.142. The predicted octanol–water partition coefficient (Wildman–Crippen LogP) is 1.46. The van der Waals surface area contributed by atoms with E-state index in [1.165, 1.54) is 0 Å². The molecule has 16 heavy (non-hydrogen) atoms. The quantitative estimate of drug-likeness (QED) is 0.778. The molecule has 0 aromatic rings. The van der Waals surface area contributed by atoms with E-state index in [1.807, 2.05) is 23.5 Å². The highest BCUT2D eigenvalue weighted by Gasteiger charge is 2.48. The van der Waals surface area contributed by atoms with Crippen LogP contribution in [0, 0.1) is 0 Å². The fraction of sp³-hybridized carbons (Fsp3) is 0.727. The third kappa shape index (κ3) is 2.47. The zero-order valence-corrected chi connectivity index (χ0v) is 10.7. The number of aliphatic hydroxyl groups is 1. The Bertz CT molecular complexity index is 287. The van der Waals surface area contributed by atoms with Crippen LogP contribution in [0.15, 0.2) is 12.7 Å². The van der Waals surface area contributed by atoms with Crippen LogP contribution in [-0.4, -0.2) is 45.3 Å². The lowest BCUT2D eigenvalue weighted by Crippen LogP contribution is -2.47. The second kappa shape index (κ2) is 5.12. The van der Waals surface area contributed by atoms with Gasteiger partial charge in [0.2, 0.25) is 0 Å². The second-order valence-corrected chi connectivity index (χ2v) is 7.26. The monoisotopic (exact) mass is 260 g/mol. The van der Waals surface area contributed by atoms with Gasteiger partial charge in [0, 0.05) is 24.3 Å². The molecule has 5 heteroatoms. The van der Waals surface area contributed by atoms with Gasteiger partial charge in [0.15, 0.2) is 5.78 Å². The van der Waals surface area contributed by atoms with E-state index in [0.717, 1.165) is 11.5 Å². The van der Waals surface area contributed by atoms with Gasteiger partial charge in [0.1, 0.15) is 12.2 Å². The van der Waals surface area contributed by atoms with Crippen molar-refractivity contribution in [1.29, 1.82) is 0 Å². The molecule has 1 aliphatic heterocycles. The fourth-order valence-corrected chi connectivity index (χ4v) is 5.47. The maximum Gasteiger partial charge on any atom is 0.190 e. The number of carbonyl (C=O) groups excluding carboxylic acids is 1. The first-order valence-electron chi connectivity index (χ1n) is 5.39. The zero-order valence-electron chi connectivity index (χ0n) is 9.05. The molecule has 2 rings (SSSR count). The van der Waals surface area contributed by atoms with Crippen molar-refractivity contribution in [3.05, 3.63) is 12.7 Å². The molecule has 2 fully saturated rings.